The van der Waals surface area contributed by atoms with Crippen molar-refractivity contribution in [2.45, 2.75) is 18.7 Å². The van der Waals surface area contributed by atoms with Crippen molar-refractivity contribution < 1.29 is 8.42 Å². The van der Waals surface area contributed by atoms with Crippen LogP contribution < -0.4 is 10.5 Å². The fraction of sp³-hybridized carbons (Fsp3) is 0.143. The molecular weight excluding hydrogens is 331 g/mol. The quantitative estimate of drug-likeness (QED) is 0.826. The zero-order chi connectivity index (χ0) is 15.8. The lowest BCUT2D eigenvalue weighted by Gasteiger charge is -2.14. The number of anilines is 2. The maximum Gasteiger partial charge on any atom is 0.262 e. The summed E-state index contributed by atoms with van der Waals surface area (Å²) in [6, 6.07) is 7.80. The highest BCUT2D eigenvalue weighted by atomic mass is 35.5. The Morgan fingerprint density at radius 1 is 1.05 bits per heavy atom. The smallest absolute Gasteiger partial charge is 0.262 e. The van der Waals surface area contributed by atoms with Gasteiger partial charge in [0.25, 0.3) is 10.0 Å². The molecular formula is C14H14Cl2N2O2S. The predicted octanol–water partition coefficient (Wildman–Crippen LogP) is 3.99. The van der Waals surface area contributed by atoms with Crippen LogP contribution in [0.15, 0.2) is 35.2 Å². The maximum absolute atomic E-state index is 12.6. The molecule has 0 unspecified atom stereocenters. The average molecular weight is 345 g/mol. The van der Waals surface area contributed by atoms with Crippen molar-refractivity contribution in [1.82, 2.24) is 0 Å². The summed E-state index contributed by atoms with van der Waals surface area (Å²) in [5.74, 6) is 0. The molecule has 0 bridgehead atoms. The Kier molecular flexibility index (Phi) is 4.37. The van der Waals surface area contributed by atoms with Gasteiger partial charge < -0.3 is 5.73 Å². The second-order valence-corrected chi connectivity index (χ2v) is 7.18. The minimum atomic E-state index is -3.78. The molecule has 0 saturated heterocycles. The fourth-order valence-corrected chi connectivity index (χ4v) is 4.10. The normalized spacial score (nSPS) is 11.4. The van der Waals surface area contributed by atoms with Crippen LogP contribution in [-0.2, 0) is 10.0 Å². The number of rotatable bonds is 3. The first-order valence-electron chi connectivity index (χ1n) is 6.05. The fourth-order valence-electron chi connectivity index (χ4n) is 2.18. The van der Waals surface area contributed by atoms with Crippen LogP contribution in [-0.4, -0.2) is 8.42 Å². The van der Waals surface area contributed by atoms with Crippen LogP contribution in [0.3, 0.4) is 0 Å². The van der Waals surface area contributed by atoms with Gasteiger partial charge in [-0.3, -0.25) is 4.72 Å². The number of hydrogen-bond acceptors (Lipinski definition) is 3. The van der Waals surface area contributed by atoms with E-state index in [2.05, 4.69) is 4.72 Å². The Morgan fingerprint density at radius 2 is 1.62 bits per heavy atom. The summed E-state index contributed by atoms with van der Waals surface area (Å²) in [4.78, 5) is 0.188. The van der Waals surface area contributed by atoms with Gasteiger partial charge in [0, 0.05) is 10.7 Å². The van der Waals surface area contributed by atoms with E-state index in [1.54, 1.807) is 32.0 Å². The molecule has 0 amide bonds. The first kappa shape index (κ1) is 15.9. The number of nitrogens with one attached hydrogen (secondary N) is 1. The van der Waals surface area contributed by atoms with E-state index in [1.807, 2.05) is 0 Å². The second-order valence-electron chi connectivity index (χ2n) is 4.71. The predicted molar refractivity (Wildman–Crippen MR) is 87.6 cm³/mol. The number of benzene rings is 2. The first-order valence-corrected chi connectivity index (χ1v) is 8.29. The molecule has 0 aliphatic carbocycles. The minimum absolute atomic E-state index is 0.188. The van der Waals surface area contributed by atoms with Crippen LogP contribution in [0, 0.1) is 13.8 Å². The zero-order valence-corrected chi connectivity index (χ0v) is 13.8. The van der Waals surface area contributed by atoms with Crippen molar-refractivity contribution in [2.75, 3.05) is 10.5 Å². The SMILES string of the molecule is Cc1cc(N)cc(C)c1S(=O)(=O)Nc1cc(Cl)ccc1Cl. The van der Waals surface area contributed by atoms with Gasteiger partial charge in [0.05, 0.1) is 15.6 Å². The third-order valence-corrected chi connectivity index (χ3v) is 5.16. The summed E-state index contributed by atoms with van der Waals surface area (Å²) in [6.07, 6.45) is 0. The van der Waals surface area contributed by atoms with Crippen molar-refractivity contribution >= 4 is 44.6 Å². The van der Waals surface area contributed by atoms with Gasteiger partial charge >= 0.3 is 0 Å². The number of halogens is 2. The van der Waals surface area contributed by atoms with E-state index in [0.29, 0.717) is 21.8 Å². The molecule has 3 N–H and O–H groups in total. The van der Waals surface area contributed by atoms with E-state index in [9.17, 15) is 8.42 Å². The summed E-state index contributed by atoms with van der Waals surface area (Å²) in [6.45, 7) is 3.38. The lowest BCUT2D eigenvalue weighted by Crippen LogP contribution is -2.16. The van der Waals surface area contributed by atoms with Crippen LogP contribution >= 0.6 is 23.2 Å². The highest BCUT2D eigenvalue weighted by Crippen LogP contribution is 2.30. The Balaban J connectivity index is 2.51. The summed E-state index contributed by atoms with van der Waals surface area (Å²) in [5, 5.41) is 0.663. The first-order chi connectivity index (χ1) is 9.70. The Morgan fingerprint density at radius 3 is 2.19 bits per heavy atom. The zero-order valence-electron chi connectivity index (χ0n) is 11.4. The van der Waals surface area contributed by atoms with E-state index in [0.717, 1.165) is 0 Å². The molecule has 0 radical (unpaired) electrons. The van der Waals surface area contributed by atoms with Crippen molar-refractivity contribution in [2.24, 2.45) is 0 Å². The standard InChI is InChI=1S/C14H14Cl2N2O2S/c1-8-5-11(17)6-9(2)14(8)21(19,20)18-13-7-10(15)3-4-12(13)16/h3-7,18H,17H2,1-2H3. The molecule has 2 aromatic rings. The molecule has 0 fully saturated rings. The Hall–Kier alpha value is -1.43. The van der Waals surface area contributed by atoms with Crippen LogP contribution in [0.25, 0.3) is 0 Å². The average Bonchev–Trinajstić information content (AvgIpc) is 2.31. The lowest BCUT2D eigenvalue weighted by atomic mass is 10.1. The number of nitrogens with two attached hydrogens (primary N) is 1. The Labute approximate surface area is 133 Å². The maximum atomic E-state index is 12.6. The second kappa shape index (κ2) is 5.75. The van der Waals surface area contributed by atoms with Crippen LogP contribution in [0.4, 0.5) is 11.4 Å². The van der Waals surface area contributed by atoms with Gasteiger partial charge in [0.2, 0.25) is 0 Å². The van der Waals surface area contributed by atoms with Gasteiger partial charge in [-0.2, -0.15) is 0 Å². The molecule has 2 aromatic carbocycles. The highest BCUT2D eigenvalue weighted by Gasteiger charge is 2.21. The summed E-state index contributed by atoms with van der Waals surface area (Å²) < 4.78 is 27.6. The lowest BCUT2D eigenvalue weighted by molar-refractivity contribution is 0.600. The van der Waals surface area contributed by atoms with Crippen molar-refractivity contribution in [3.05, 3.63) is 51.5 Å². The van der Waals surface area contributed by atoms with Crippen LogP contribution in [0.5, 0.6) is 0 Å². The van der Waals surface area contributed by atoms with Crippen molar-refractivity contribution in [3.8, 4) is 0 Å². The van der Waals surface area contributed by atoms with Gasteiger partial charge in [-0.25, -0.2) is 8.42 Å². The summed E-state index contributed by atoms with van der Waals surface area (Å²) in [5.41, 5.74) is 7.60. The summed E-state index contributed by atoms with van der Waals surface area (Å²) in [7, 11) is -3.78. The molecule has 2 rings (SSSR count). The van der Waals surface area contributed by atoms with Crippen LogP contribution in [0.1, 0.15) is 11.1 Å². The molecule has 0 spiro atoms. The molecule has 7 heteroatoms. The summed E-state index contributed by atoms with van der Waals surface area (Å²) >= 11 is 11.9. The van der Waals surface area contributed by atoms with Gasteiger partial charge in [0.1, 0.15) is 0 Å². The molecule has 112 valence electrons. The van der Waals surface area contributed by atoms with Crippen LogP contribution in [0.2, 0.25) is 10.0 Å². The van der Waals surface area contributed by atoms with E-state index >= 15 is 0 Å². The molecule has 0 atom stereocenters. The Bertz CT molecular complexity index is 782. The molecule has 21 heavy (non-hydrogen) atoms. The molecule has 4 nitrogen and oxygen atoms in total. The highest BCUT2D eigenvalue weighted by molar-refractivity contribution is 7.92. The van der Waals surface area contributed by atoms with E-state index in [-0.39, 0.29) is 15.6 Å². The van der Waals surface area contributed by atoms with E-state index in [1.165, 1.54) is 12.1 Å². The third-order valence-electron chi connectivity index (χ3n) is 2.92. The van der Waals surface area contributed by atoms with Crippen molar-refractivity contribution in [3.63, 3.8) is 0 Å². The largest absolute Gasteiger partial charge is 0.399 e. The van der Waals surface area contributed by atoms with Crippen molar-refractivity contribution in [1.29, 1.82) is 0 Å². The van der Waals surface area contributed by atoms with E-state index < -0.39 is 10.0 Å². The third kappa shape index (κ3) is 3.43. The van der Waals surface area contributed by atoms with Gasteiger partial charge in [0.15, 0.2) is 0 Å². The molecule has 0 aromatic heterocycles. The molecule has 0 aliphatic heterocycles. The van der Waals surface area contributed by atoms with E-state index in [4.69, 9.17) is 28.9 Å². The van der Waals surface area contributed by atoms with Gasteiger partial charge in [-0.1, -0.05) is 23.2 Å². The number of aryl methyl sites for hydroxylation is 2. The number of nitrogen functional groups attached to an aromatic ring is 1. The topological polar surface area (TPSA) is 72.2 Å². The molecule has 0 heterocycles. The number of sulfonamides is 1. The molecule has 0 aliphatic rings. The minimum Gasteiger partial charge on any atom is -0.399 e. The number of hydrogen-bond donors (Lipinski definition) is 2. The van der Waals surface area contributed by atoms with Gasteiger partial charge in [-0.15, -0.1) is 0 Å². The monoisotopic (exact) mass is 344 g/mol. The molecule has 0 saturated carbocycles. The van der Waals surface area contributed by atoms with Gasteiger partial charge in [-0.05, 0) is 55.3 Å².